The summed E-state index contributed by atoms with van der Waals surface area (Å²) < 4.78 is 5.75. The number of benzene rings is 1. The second-order valence-electron chi connectivity index (χ2n) is 5.76. The predicted octanol–water partition coefficient (Wildman–Crippen LogP) is 4.00. The van der Waals surface area contributed by atoms with Crippen LogP contribution in [0.3, 0.4) is 0 Å². The third-order valence-corrected chi connectivity index (χ3v) is 3.20. The summed E-state index contributed by atoms with van der Waals surface area (Å²) in [6, 6.07) is 6.35. The van der Waals surface area contributed by atoms with Gasteiger partial charge in [0.15, 0.2) is 11.5 Å². The van der Waals surface area contributed by atoms with Crippen molar-refractivity contribution >= 4 is 11.1 Å². The minimum absolute atomic E-state index is 0.173. The van der Waals surface area contributed by atoms with Crippen molar-refractivity contribution < 1.29 is 4.42 Å². The van der Waals surface area contributed by atoms with Gasteiger partial charge in [-0.15, -0.1) is 0 Å². The van der Waals surface area contributed by atoms with Crippen LogP contribution in [0.25, 0.3) is 11.1 Å². The molecule has 0 radical (unpaired) electrons. The molecule has 2 aromatic rings. The zero-order valence-electron chi connectivity index (χ0n) is 10.1. The Morgan fingerprint density at radius 1 is 1.25 bits per heavy atom. The van der Waals surface area contributed by atoms with E-state index < -0.39 is 0 Å². The van der Waals surface area contributed by atoms with Gasteiger partial charge in [0.1, 0.15) is 5.52 Å². The Kier molecular flexibility index (Phi) is 1.91. The molecule has 84 valence electrons. The zero-order valence-corrected chi connectivity index (χ0v) is 10.1. The minimum Gasteiger partial charge on any atom is -0.440 e. The molecule has 2 heteroatoms. The van der Waals surface area contributed by atoms with Gasteiger partial charge in [-0.05, 0) is 36.0 Å². The summed E-state index contributed by atoms with van der Waals surface area (Å²) in [7, 11) is 0. The summed E-state index contributed by atoms with van der Waals surface area (Å²) in [6.45, 7) is 6.65. The Bertz CT molecular complexity index is 529. The van der Waals surface area contributed by atoms with Crippen molar-refractivity contribution in [3.63, 3.8) is 0 Å². The average molecular weight is 215 g/mol. The van der Waals surface area contributed by atoms with Gasteiger partial charge in [-0.1, -0.05) is 26.8 Å². The Labute approximate surface area is 95.7 Å². The molecule has 1 aliphatic carbocycles. The molecule has 1 heterocycles. The largest absolute Gasteiger partial charge is 0.440 e. The molecule has 0 amide bonds. The fourth-order valence-electron chi connectivity index (χ4n) is 1.92. The maximum Gasteiger partial charge on any atom is 0.198 e. The highest BCUT2D eigenvalue weighted by Crippen LogP contribution is 2.40. The lowest BCUT2D eigenvalue weighted by Gasteiger charge is -2.18. The van der Waals surface area contributed by atoms with E-state index in [4.69, 9.17) is 4.42 Å². The number of rotatable bonds is 1. The average Bonchev–Trinajstić information content (AvgIpc) is 2.96. The van der Waals surface area contributed by atoms with E-state index >= 15 is 0 Å². The van der Waals surface area contributed by atoms with Crippen LogP contribution in [0.1, 0.15) is 51.0 Å². The van der Waals surface area contributed by atoms with Crippen molar-refractivity contribution in [2.75, 3.05) is 0 Å². The molecule has 1 aromatic carbocycles. The first-order valence-electron chi connectivity index (χ1n) is 5.95. The summed E-state index contributed by atoms with van der Waals surface area (Å²) in [6.07, 6.45) is 2.47. The Morgan fingerprint density at radius 2 is 2.00 bits per heavy atom. The molecular weight excluding hydrogens is 198 g/mol. The van der Waals surface area contributed by atoms with Crippen LogP contribution in [0.4, 0.5) is 0 Å². The number of hydrogen-bond acceptors (Lipinski definition) is 2. The summed E-state index contributed by atoms with van der Waals surface area (Å²) >= 11 is 0. The van der Waals surface area contributed by atoms with Crippen molar-refractivity contribution in [2.45, 2.75) is 44.9 Å². The molecule has 2 nitrogen and oxygen atoms in total. The van der Waals surface area contributed by atoms with Gasteiger partial charge in [0, 0.05) is 5.92 Å². The summed E-state index contributed by atoms with van der Waals surface area (Å²) in [4.78, 5) is 4.58. The van der Waals surface area contributed by atoms with Crippen LogP contribution < -0.4 is 0 Å². The summed E-state index contributed by atoms with van der Waals surface area (Å²) in [5.74, 6) is 1.52. The normalized spacial score (nSPS) is 16.9. The van der Waals surface area contributed by atoms with Crippen molar-refractivity contribution in [3.8, 4) is 0 Å². The van der Waals surface area contributed by atoms with E-state index in [1.54, 1.807) is 0 Å². The standard InChI is InChI=1S/C14H17NO/c1-14(2,3)10-6-7-12-11(8-10)15-13(16-12)9-4-5-9/h6-9H,4-5H2,1-3H3. The van der Waals surface area contributed by atoms with Gasteiger partial charge in [0.05, 0.1) is 0 Å². The molecule has 0 N–H and O–H groups in total. The monoisotopic (exact) mass is 215 g/mol. The highest BCUT2D eigenvalue weighted by Gasteiger charge is 2.29. The lowest BCUT2D eigenvalue weighted by Crippen LogP contribution is -2.10. The molecule has 0 unspecified atom stereocenters. The molecule has 0 saturated heterocycles. The Hall–Kier alpha value is -1.31. The zero-order chi connectivity index (χ0) is 11.3. The quantitative estimate of drug-likeness (QED) is 0.718. The summed E-state index contributed by atoms with van der Waals surface area (Å²) in [5, 5.41) is 0. The first-order valence-corrected chi connectivity index (χ1v) is 5.95. The molecular formula is C14H17NO. The number of nitrogens with zero attached hydrogens (tertiary/aromatic N) is 1. The number of aromatic nitrogens is 1. The van der Waals surface area contributed by atoms with Crippen LogP contribution in [0.5, 0.6) is 0 Å². The Morgan fingerprint density at radius 3 is 2.62 bits per heavy atom. The second kappa shape index (κ2) is 3.09. The first-order chi connectivity index (χ1) is 7.54. The molecule has 3 rings (SSSR count). The Balaban J connectivity index is 2.10. The van der Waals surface area contributed by atoms with Gasteiger partial charge in [-0.25, -0.2) is 4.98 Å². The van der Waals surface area contributed by atoms with Gasteiger partial charge in [0.2, 0.25) is 0 Å². The van der Waals surface area contributed by atoms with E-state index in [2.05, 4.69) is 44.0 Å². The second-order valence-corrected chi connectivity index (χ2v) is 5.76. The maximum absolute atomic E-state index is 5.75. The highest BCUT2D eigenvalue weighted by atomic mass is 16.3. The lowest BCUT2D eigenvalue weighted by molar-refractivity contribution is 0.533. The van der Waals surface area contributed by atoms with Gasteiger partial charge in [-0.2, -0.15) is 0 Å². The first kappa shape index (κ1) is 9.88. The van der Waals surface area contributed by atoms with Gasteiger partial charge >= 0.3 is 0 Å². The molecule has 0 atom stereocenters. The number of fused-ring (bicyclic) bond motifs is 1. The highest BCUT2D eigenvalue weighted by molar-refractivity contribution is 5.74. The van der Waals surface area contributed by atoms with Crippen LogP contribution in [0.15, 0.2) is 22.6 Å². The summed E-state index contributed by atoms with van der Waals surface area (Å²) in [5.41, 5.74) is 3.42. The van der Waals surface area contributed by atoms with E-state index in [0.29, 0.717) is 5.92 Å². The third kappa shape index (κ3) is 1.62. The SMILES string of the molecule is CC(C)(C)c1ccc2oc(C3CC3)nc2c1. The van der Waals surface area contributed by atoms with Gasteiger partial charge in [0.25, 0.3) is 0 Å². The lowest BCUT2D eigenvalue weighted by atomic mass is 9.87. The maximum atomic E-state index is 5.75. The topological polar surface area (TPSA) is 26.0 Å². The predicted molar refractivity (Wildman–Crippen MR) is 64.7 cm³/mol. The molecule has 1 fully saturated rings. The number of hydrogen-bond donors (Lipinski definition) is 0. The van der Waals surface area contributed by atoms with Crippen molar-refractivity contribution in [3.05, 3.63) is 29.7 Å². The number of oxazole rings is 1. The minimum atomic E-state index is 0.173. The van der Waals surface area contributed by atoms with Crippen LogP contribution >= 0.6 is 0 Å². The fraction of sp³-hybridized carbons (Fsp3) is 0.500. The molecule has 0 aliphatic heterocycles. The van der Waals surface area contributed by atoms with E-state index in [-0.39, 0.29) is 5.41 Å². The molecule has 0 bridgehead atoms. The fourth-order valence-corrected chi connectivity index (χ4v) is 1.92. The molecule has 1 aliphatic rings. The van der Waals surface area contributed by atoms with Crippen molar-refractivity contribution in [1.29, 1.82) is 0 Å². The van der Waals surface area contributed by atoms with Crippen molar-refractivity contribution in [1.82, 2.24) is 4.98 Å². The molecule has 16 heavy (non-hydrogen) atoms. The van der Waals surface area contributed by atoms with Crippen molar-refractivity contribution in [2.24, 2.45) is 0 Å². The molecule has 1 aromatic heterocycles. The van der Waals surface area contributed by atoms with Crippen LogP contribution in [0.2, 0.25) is 0 Å². The van der Waals surface area contributed by atoms with Gasteiger partial charge < -0.3 is 4.42 Å². The smallest absolute Gasteiger partial charge is 0.198 e. The van der Waals surface area contributed by atoms with Crippen LogP contribution in [-0.2, 0) is 5.41 Å². The van der Waals surface area contributed by atoms with Gasteiger partial charge in [-0.3, -0.25) is 0 Å². The van der Waals surface area contributed by atoms with E-state index in [0.717, 1.165) is 17.0 Å². The van der Waals surface area contributed by atoms with Crippen LogP contribution in [0, 0.1) is 0 Å². The third-order valence-electron chi connectivity index (χ3n) is 3.20. The molecule has 1 saturated carbocycles. The van der Waals surface area contributed by atoms with Crippen LogP contribution in [-0.4, -0.2) is 4.98 Å². The van der Waals surface area contributed by atoms with E-state index in [1.807, 2.05) is 0 Å². The molecule has 0 spiro atoms. The van der Waals surface area contributed by atoms with E-state index in [1.165, 1.54) is 18.4 Å². The van der Waals surface area contributed by atoms with E-state index in [9.17, 15) is 0 Å².